The van der Waals surface area contributed by atoms with Gasteiger partial charge in [0, 0.05) is 25.9 Å². The van der Waals surface area contributed by atoms with Crippen LogP contribution in [0.25, 0.3) is 0 Å². The third-order valence-electron chi connectivity index (χ3n) is 2.61. The van der Waals surface area contributed by atoms with Crippen molar-refractivity contribution in [2.45, 2.75) is 45.1 Å². The first-order valence-corrected chi connectivity index (χ1v) is 6.35. The molecule has 0 atom stereocenters. The van der Waals surface area contributed by atoms with Crippen LogP contribution < -0.4 is 5.43 Å². The molecule has 116 valence electrons. The quantitative estimate of drug-likeness (QED) is 0.402. The van der Waals surface area contributed by atoms with Gasteiger partial charge in [-0.15, -0.1) is 0 Å². The predicted molar refractivity (Wildman–Crippen MR) is 70.2 cm³/mol. The summed E-state index contributed by atoms with van der Waals surface area (Å²) in [5, 5.41) is 27.8. The molecule has 0 amide bonds. The Morgan fingerprint density at radius 1 is 0.950 bits per heavy atom. The Morgan fingerprint density at radius 2 is 1.35 bits per heavy atom. The standard InChI is InChI=1S/C12H22N2O6/c1-12(2,11(19)20)13-14(7-3-5-9(15)16)8-4-6-10(17)18/h13H,3-8H2,1-2H3,(H,15,16)(H,17,18)(H,19,20). The summed E-state index contributed by atoms with van der Waals surface area (Å²) >= 11 is 0. The number of carboxylic acids is 3. The monoisotopic (exact) mass is 290 g/mol. The Labute approximate surface area is 117 Å². The summed E-state index contributed by atoms with van der Waals surface area (Å²) in [5.74, 6) is -2.89. The number of carbonyl (C=O) groups is 3. The second-order valence-electron chi connectivity index (χ2n) is 5.02. The van der Waals surface area contributed by atoms with Gasteiger partial charge >= 0.3 is 17.9 Å². The van der Waals surface area contributed by atoms with E-state index in [-0.39, 0.29) is 12.8 Å². The van der Waals surface area contributed by atoms with Crippen molar-refractivity contribution in [2.75, 3.05) is 13.1 Å². The average molecular weight is 290 g/mol. The summed E-state index contributed by atoms with van der Waals surface area (Å²) in [5.41, 5.74) is 1.59. The molecule has 0 radical (unpaired) electrons. The topological polar surface area (TPSA) is 127 Å². The fourth-order valence-corrected chi connectivity index (χ4v) is 1.51. The van der Waals surface area contributed by atoms with Crippen molar-refractivity contribution < 1.29 is 29.7 Å². The number of aliphatic carboxylic acids is 3. The van der Waals surface area contributed by atoms with Crippen LogP contribution in [0.15, 0.2) is 0 Å². The number of carboxylic acid groups (broad SMARTS) is 3. The Bertz CT molecular complexity index is 336. The van der Waals surface area contributed by atoms with Crippen LogP contribution in [-0.4, -0.2) is 56.9 Å². The van der Waals surface area contributed by atoms with Crippen LogP contribution >= 0.6 is 0 Å². The second-order valence-corrected chi connectivity index (χ2v) is 5.02. The van der Waals surface area contributed by atoms with Crippen molar-refractivity contribution in [1.29, 1.82) is 0 Å². The van der Waals surface area contributed by atoms with Gasteiger partial charge in [-0.05, 0) is 26.7 Å². The number of hydrogen-bond acceptors (Lipinski definition) is 5. The van der Waals surface area contributed by atoms with Gasteiger partial charge in [0.25, 0.3) is 0 Å². The van der Waals surface area contributed by atoms with Crippen LogP contribution in [0, 0.1) is 0 Å². The largest absolute Gasteiger partial charge is 0.481 e. The molecular weight excluding hydrogens is 268 g/mol. The first kappa shape index (κ1) is 18.3. The van der Waals surface area contributed by atoms with E-state index in [0.29, 0.717) is 25.9 Å². The molecule has 0 rings (SSSR count). The van der Waals surface area contributed by atoms with Crippen LogP contribution in [0.5, 0.6) is 0 Å². The minimum absolute atomic E-state index is 0.0232. The number of nitrogens with zero attached hydrogens (tertiary/aromatic N) is 1. The van der Waals surface area contributed by atoms with Gasteiger partial charge in [-0.2, -0.15) is 0 Å². The zero-order valence-electron chi connectivity index (χ0n) is 11.8. The highest BCUT2D eigenvalue weighted by molar-refractivity contribution is 5.77. The number of nitrogens with one attached hydrogen (secondary N) is 1. The maximum atomic E-state index is 11.0. The fourth-order valence-electron chi connectivity index (χ4n) is 1.51. The lowest BCUT2D eigenvalue weighted by molar-refractivity contribution is -0.146. The van der Waals surface area contributed by atoms with Crippen LogP contribution in [0.4, 0.5) is 0 Å². The van der Waals surface area contributed by atoms with E-state index in [1.165, 1.54) is 13.8 Å². The van der Waals surface area contributed by atoms with Crippen molar-refractivity contribution in [1.82, 2.24) is 10.4 Å². The number of hydrogen-bond donors (Lipinski definition) is 4. The lowest BCUT2D eigenvalue weighted by Crippen LogP contribution is -2.55. The van der Waals surface area contributed by atoms with Gasteiger partial charge in [-0.1, -0.05) is 0 Å². The SMILES string of the molecule is CC(C)(NN(CCCC(=O)O)CCCC(=O)O)C(=O)O. The van der Waals surface area contributed by atoms with E-state index in [0.717, 1.165) is 0 Å². The molecule has 0 saturated heterocycles. The molecule has 0 aromatic rings. The van der Waals surface area contributed by atoms with Crippen molar-refractivity contribution >= 4 is 17.9 Å². The summed E-state index contributed by atoms with van der Waals surface area (Å²) in [7, 11) is 0. The Kier molecular flexibility index (Phi) is 7.78. The third-order valence-corrected chi connectivity index (χ3v) is 2.61. The molecule has 0 aliphatic heterocycles. The zero-order valence-corrected chi connectivity index (χ0v) is 11.8. The van der Waals surface area contributed by atoms with Gasteiger partial charge in [-0.3, -0.25) is 14.4 Å². The van der Waals surface area contributed by atoms with Crippen LogP contribution in [0.3, 0.4) is 0 Å². The van der Waals surface area contributed by atoms with E-state index >= 15 is 0 Å². The summed E-state index contributed by atoms with van der Waals surface area (Å²) in [4.78, 5) is 32.0. The van der Waals surface area contributed by atoms with Gasteiger partial charge < -0.3 is 15.3 Å². The maximum Gasteiger partial charge on any atom is 0.324 e. The molecule has 4 N–H and O–H groups in total. The van der Waals surface area contributed by atoms with E-state index in [2.05, 4.69) is 5.43 Å². The number of hydrazine groups is 1. The molecule has 8 heteroatoms. The molecule has 0 heterocycles. The van der Waals surface area contributed by atoms with E-state index in [1.807, 2.05) is 0 Å². The van der Waals surface area contributed by atoms with Gasteiger partial charge in [-0.25, -0.2) is 10.4 Å². The fraction of sp³-hybridized carbons (Fsp3) is 0.750. The maximum absolute atomic E-state index is 11.0. The molecule has 0 aliphatic carbocycles. The second kappa shape index (κ2) is 8.49. The Balaban J connectivity index is 4.41. The normalized spacial score (nSPS) is 11.6. The van der Waals surface area contributed by atoms with E-state index < -0.39 is 23.4 Å². The third kappa shape index (κ3) is 8.44. The highest BCUT2D eigenvalue weighted by atomic mass is 16.4. The Morgan fingerprint density at radius 3 is 1.65 bits per heavy atom. The highest BCUT2D eigenvalue weighted by Gasteiger charge is 2.28. The molecule has 0 unspecified atom stereocenters. The first-order valence-electron chi connectivity index (χ1n) is 6.35. The van der Waals surface area contributed by atoms with E-state index in [4.69, 9.17) is 15.3 Å². The zero-order chi connectivity index (χ0) is 15.8. The lowest BCUT2D eigenvalue weighted by atomic mass is 10.1. The van der Waals surface area contributed by atoms with Gasteiger partial charge in [0.15, 0.2) is 0 Å². The van der Waals surface area contributed by atoms with Crippen LogP contribution in [-0.2, 0) is 14.4 Å². The van der Waals surface area contributed by atoms with Gasteiger partial charge in [0.05, 0.1) is 0 Å². The summed E-state index contributed by atoms with van der Waals surface area (Å²) in [6.07, 6.45) is 0.658. The molecule has 0 bridgehead atoms. The molecule has 0 fully saturated rings. The van der Waals surface area contributed by atoms with Crippen molar-refractivity contribution in [2.24, 2.45) is 0 Å². The summed E-state index contributed by atoms with van der Waals surface area (Å²) in [6, 6.07) is 0. The molecule has 0 aromatic heterocycles. The predicted octanol–water partition coefficient (Wildman–Crippen LogP) is 0.386. The van der Waals surface area contributed by atoms with Crippen molar-refractivity contribution in [3.63, 3.8) is 0 Å². The molecular formula is C12H22N2O6. The van der Waals surface area contributed by atoms with Crippen molar-refractivity contribution in [3.05, 3.63) is 0 Å². The minimum Gasteiger partial charge on any atom is -0.481 e. The molecule has 0 aliphatic rings. The van der Waals surface area contributed by atoms with E-state index in [9.17, 15) is 14.4 Å². The van der Waals surface area contributed by atoms with Crippen LogP contribution in [0.1, 0.15) is 39.5 Å². The molecule has 8 nitrogen and oxygen atoms in total. The van der Waals surface area contributed by atoms with Crippen LogP contribution in [0.2, 0.25) is 0 Å². The average Bonchev–Trinajstić information content (AvgIpc) is 2.26. The molecule has 0 saturated carbocycles. The molecule has 0 aromatic carbocycles. The van der Waals surface area contributed by atoms with Crippen molar-refractivity contribution in [3.8, 4) is 0 Å². The lowest BCUT2D eigenvalue weighted by Gasteiger charge is -2.31. The minimum atomic E-state index is -1.20. The smallest absolute Gasteiger partial charge is 0.324 e. The highest BCUT2D eigenvalue weighted by Crippen LogP contribution is 2.06. The Hall–Kier alpha value is -1.67. The summed E-state index contributed by atoms with van der Waals surface area (Å²) < 4.78 is 0. The first-order chi connectivity index (χ1) is 9.15. The number of rotatable bonds is 11. The molecule has 20 heavy (non-hydrogen) atoms. The summed E-state index contributed by atoms with van der Waals surface area (Å²) in [6.45, 7) is 3.64. The van der Waals surface area contributed by atoms with Gasteiger partial charge in [0.1, 0.15) is 5.54 Å². The van der Waals surface area contributed by atoms with Gasteiger partial charge in [0.2, 0.25) is 0 Å². The van der Waals surface area contributed by atoms with E-state index in [1.54, 1.807) is 5.01 Å². The molecule has 0 spiro atoms.